The number of aromatic nitrogens is 4. The van der Waals surface area contributed by atoms with Crippen molar-refractivity contribution in [1.29, 1.82) is 0 Å². The Morgan fingerprint density at radius 3 is 2.50 bits per heavy atom. The van der Waals surface area contributed by atoms with Crippen LogP contribution in [0, 0.1) is 13.8 Å². The van der Waals surface area contributed by atoms with E-state index >= 15 is 0 Å². The van der Waals surface area contributed by atoms with Crippen molar-refractivity contribution in [2.75, 3.05) is 11.9 Å². The Hall–Kier alpha value is -2.16. The molecule has 0 saturated heterocycles. The van der Waals surface area contributed by atoms with Crippen LogP contribution in [0.15, 0.2) is 10.7 Å². The zero-order chi connectivity index (χ0) is 19.4. The van der Waals surface area contributed by atoms with Crippen molar-refractivity contribution in [2.45, 2.75) is 53.6 Å². The fourth-order valence-corrected chi connectivity index (χ4v) is 2.79. The molecule has 2 aromatic heterocycles. The molecule has 0 aliphatic heterocycles. The van der Waals surface area contributed by atoms with E-state index in [0.29, 0.717) is 18.8 Å². The number of hydrogen-bond acceptors (Lipinski definition) is 4. The number of aryl methyl sites for hydroxylation is 2. The van der Waals surface area contributed by atoms with Gasteiger partial charge in [0.15, 0.2) is 5.69 Å². The highest BCUT2D eigenvalue weighted by molar-refractivity contribution is 9.10. The van der Waals surface area contributed by atoms with Crippen LogP contribution >= 0.6 is 15.9 Å². The number of carbonyl (C=O) groups excluding carboxylic acids is 2. The molecule has 2 rings (SSSR count). The van der Waals surface area contributed by atoms with Gasteiger partial charge in [-0.05, 0) is 50.0 Å². The molecule has 0 aliphatic rings. The van der Waals surface area contributed by atoms with Crippen LogP contribution in [-0.2, 0) is 11.3 Å². The van der Waals surface area contributed by atoms with E-state index < -0.39 is 6.04 Å². The van der Waals surface area contributed by atoms with E-state index in [2.05, 4.69) is 36.8 Å². The monoisotopic (exact) mass is 424 g/mol. The summed E-state index contributed by atoms with van der Waals surface area (Å²) >= 11 is 3.47. The molecule has 2 amide bonds. The van der Waals surface area contributed by atoms with Gasteiger partial charge in [0, 0.05) is 19.3 Å². The number of nitrogens with zero attached hydrogens (tertiary/aromatic N) is 4. The maximum atomic E-state index is 12.7. The number of amides is 2. The number of halogens is 1. The molecule has 1 atom stereocenters. The lowest BCUT2D eigenvalue weighted by atomic mass is 10.2. The molecule has 0 radical (unpaired) electrons. The summed E-state index contributed by atoms with van der Waals surface area (Å²) in [5.74, 6) is -0.556. The van der Waals surface area contributed by atoms with Crippen LogP contribution in [0.3, 0.4) is 0 Å². The highest BCUT2D eigenvalue weighted by Crippen LogP contribution is 2.24. The molecule has 0 bridgehead atoms. The first-order valence-corrected chi connectivity index (χ1v) is 9.47. The minimum atomic E-state index is -0.531. The molecule has 0 spiro atoms. The van der Waals surface area contributed by atoms with Crippen molar-refractivity contribution >= 4 is 33.4 Å². The Bertz CT molecular complexity index is 811. The van der Waals surface area contributed by atoms with Gasteiger partial charge in [-0.25, -0.2) is 0 Å². The van der Waals surface area contributed by atoms with Crippen LogP contribution in [0.4, 0.5) is 5.69 Å². The minimum absolute atomic E-state index is 0.218. The summed E-state index contributed by atoms with van der Waals surface area (Å²) in [5, 5.41) is 14.3. The van der Waals surface area contributed by atoms with E-state index in [-0.39, 0.29) is 17.5 Å². The summed E-state index contributed by atoms with van der Waals surface area (Å²) in [6.07, 6.45) is 2.49. The predicted molar refractivity (Wildman–Crippen MR) is 103 cm³/mol. The minimum Gasteiger partial charge on any atom is -0.351 e. The van der Waals surface area contributed by atoms with Crippen molar-refractivity contribution in [3.05, 3.63) is 27.8 Å². The summed E-state index contributed by atoms with van der Waals surface area (Å²) < 4.78 is 4.17. The second kappa shape index (κ2) is 8.48. The maximum absolute atomic E-state index is 12.7. The smallest absolute Gasteiger partial charge is 0.273 e. The van der Waals surface area contributed by atoms with Gasteiger partial charge in [0.25, 0.3) is 5.91 Å². The fraction of sp³-hybridized carbons (Fsp3) is 0.529. The van der Waals surface area contributed by atoms with Gasteiger partial charge in [-0.3, -0.25) is 19.0 Å². The molecule has 0 aliphatic carbocycles. The van der Waals surface area contributed by atoms with Gasteiger partial charge in [0.2, 0.25) is 5.91 Å². The van der Waals surface area contributed by atoms with Crippen molar-refractivity contribution in [3.63, 3.8) is 0 Å². The van der Waals surface area contributed by atoms with Gasteiger partial charge in [0.05, 0.1) is 21.5 Å². The Morgan fingerprint density at radius 1 is 1.27 bits per heavy atom. The molecule has 0 fully saturated rings. The van der Waals surface area contributed by atoms with Gasteiger partial charge in [-0.15, -0.1) is 0 Å². The zero-order valence-electron chi connectivity index (χ0n) is 15.8. The molecule has 0 saturated carbocycles. The Morgan fingerprint density at radius 2 is 1.96 bits per heavy atom. The van der Waals surface area contributed by atoms with Crippen molar-refractivity contribution < 1.29 is 9.59 Å². The molecule has 2 N–H and O–H groups in total. The highest BCUT2D eigenvalue weighted by atomic mass is 79.9. The number of carbonyl (C=O) groups is 2. The molecular weight excluding hydrogens is 400 g/mol. The molecule has 1 unspecified atom stereocenters. The third-order valence-corrected chi connectivity index (χ3v) is 5.22. The maximum Gasteiger partial charge on any atom is 0.273 e. The van der Waals surface area contributed by atoms with E-state index in [1.54, 1.807) is 22.5 Å². The van der Waals surface area contributed by atoms with Gasteiger partial charge in [-0.2, -0.15) is 10.2 Å². The van der Waals surface area contributed by atoms with Crippen LogP contribution in [-0.4, -0.2) is 37.9 Å². The van der Waals surface area contributed by atoms with Crippen LogP contribution in [0.25, 0.3) is 0 Å². The number of rotatable bonds is 7. The predicted octanol–water partition coefficient (Wildman–Crippen LogP) is 2.82. The molecule has 9 heteroatoms. The van der Waals surface area contributed by atoms with Crippen LogP contribution in [0.1, 0.15) is 55.1 Å². The highest BCUT2D eigenvalue weighted by Gasteiger charge is 2.24. The SMILES string of the molecule is CCCNC(=O)c1nn(CC)cc1NC(=O)C(C)n1nc(C)c(Br)c1C. The number of hydrogen-bond donors (Lipinski definition) is 2. The number of nitrogens with one attached hydrogen (secondary N) is 2. The summed E-state index contributed by atoms with van der Waals surface area (Å²) in [5.41, 5.74) is 2.31. The van der Waals surface area contributed by atoms with E-state index in [1.165, 1.54) is 0 Å². The first-order valence-electron chi connectivity index (χ1n) is 8.67. The van der Waals surface area contributed by atoms with Gasteiger partial charge in [0.1, 0.15) is 6.04 Å². The van der Waals surface area contributed by atoms with Gasteiger partial charge < -0.3 is 10.6 Å². The van der Waals surface area contributed by atoms with Gasteiger partial charge >= 0.3 is 0 Å². The molecule has 26 heavy (non-hydrogen) atoms. The first kappa shape index (κ1) is 20.2. The first-order chi connectivity index (χ1) is 12.3. The van der Waals surface area contributed by atoms with Crippen LogP contribution in [0.2, 0.25) is 0 Å². The van der Waals surface area contributed by atoms with E-state index in [9.17, 15) is 9.59 Å². The molecule has 8 nitrogen and oxygen atoms in total. The normalized spacial score (nSPS) is 12.1. The lowest BCUT2D eigenvalue weighted by molar-refractivity contribution is -0.119. The third-order valence-electron chi connectivity index (χ3n) is 4.08. The van der Waals surface area contributed by atoms with Crippen molar-refractivity contribution in [3.8, 4) is 0 Å². The second-order valence-electron chi connectivity index (χ2n) is 6.10. The van der Waals surface area contributed by atoms with Crippen LogP contribution in [0.5, 0.6) is 0 Å². The summed E-state index contributed by atoms with van der Waals surface area (Å²) in [6.45, 7) is 10.6. The molecule has 2 aromatic rings. The molecular formula is C17H25BrN6O2. The van der Waals surface area contributed by atoms with Crippen molar-refractivity contribution in [1.82, 2.24) is 24.9 Å². The summed E-state index contributed by atoms with van der Waals surface area (Å²) in [4.78, 5) is 25.0. The van der Waals surface area contributed by atoms with E-state index in [4.69, 9.17) is 0 Å². The zero-order valence-corrected chi connectivity index (χ0v) is 17.3. The third kappa shape index (κ3) is 4.14. The largest absolute Gasteiger partial charge is 0.351 e. The van der Waals surface area contributed by atoms with Gasteiger partial charge in [-0.1, -0.05) is 6.92 Å². The Labute approximate surface area is 161 Å². The number of anilines is 1. The average Bonchev–Trinajstić information content (AvgIpc) is 3.15. The lowest BCUT2D eigenvalue weighted by Gasteiger charge is -2.14. The van der Waals surface area contributed by atoms with Crippen LogP contribution < -0.4 is 10.6 Å². The Kier molecular flexibility index (Phi) is 6.57. The molecule has 2 heterocycles. The van der Waals surface area contributed by atoms with E-state index in [0.717, 1.165) is 22.3 Å². The molecule has 0 aromatic carbocycles. The summed E-state index contributed by atoms with van der Waals surface area (Å²) in [7, 11) is 0. The summed E-state index contributed by atoms with van der Waals surface area (Å²) in [6, 6.07) is -0.531. The average molecular weight is 425 g/mol. The lowest BCUT2D eigenvalue weighted by Crippen LogP contribution is -2.28. The Balaban J connectivity index is 2.23. The second-order valence-corrected chi connectivity index (χ2v) is 6.89. The molecule has 142 valence electrons. The standard InChI is InChI=1S/C17H25BrN6O2/c1-6-8-19-17(26)15-13(9-23(7-2)22-15)20-16(25)12(5)24-11(4)14(18)10(3)21-24/h9,12H,6-8H2,1-5H3,(H,19,26)(H,20,25). The van der Waals surface area contributed by atoms with Crippen molar-refractivity contribution in [2.24, 2.45) is 0 Å². The fourth-order valence-electron chi connectivity index (χ4n) is 2.53. The quantitative estimate of drug-likeness (QED) is 0.714. The van der Waals surface area contributed by atoms with E-state index in [1.807, 2.05) is 27.7 Å². The topological polar surface area (TPSA) is 93.8 Å².